The van der Waals surface area contributed by atoms with E-state index in [0.717, 1.165) is 12.8 Å². The molecule has 0 radical (unpaired) electrons. The molecule has 0 fully saturated rings. The minimum Gasteiger partial charge on any atom is -0.463 e. The van der Waals surface area contributed by atoms with E-state index >= 15 is 0 Å². The third-order valence-corrected chi connectivity index (χ3v) is 9.17. The molecule has 0 aromatic heterocycles. The number of carbonyl (C=O) groups is 1. The molecule has 0 unspecified atom stereocenters. The van der Waals surface area contributed by atoms with Crippen molar-refractivity contribution in [3.63, 3.8) is 0 Å². The van der Waals surface area contributed by atoms with Crippen molar-refractivity contribution in [1.29, 1.82) is 0 Å². The quantitative estimate of drug-likeness (QED) is 0.0558. The predicted octanol–water partition coefficient (Wildman–Crippen LogP) is 6.00. The lowest BCUT2D eigenvalue weighted by Gasteiger charge is -2.09. The number of hydrogen-bond donors (Lipinski definition) is 1. The van der Waals surface area contributed by atoms with Gasteiger partial charge >= 0.3 is 5.97 Å². The smallest absolute Gasteiger partial charge is 0.305 e. The van der Waals surface area contributed by atoms with Gasteiger partial charge in [0.15, 0.2) is 0 Å². The van der Waals surface area contributed by atoms with Crippen LogP contribution in [0.25, 0.3) is 0 Å². The molecule has 16 heteroatoms. The number of unbranched alkanes of at least 4 members (excludes halogenated alkanes) is 14. The standard InChI is InChI=1S/C46H92O16/c1-2-3-4-5-6-7-8-9-10-11-12-13-14-15-16-17-46(48)62-45-44-61-43-42-60-41-40-59-39-38-58-37-36-57-35-34-56-33-32-55-31-30-54-29-28-53-27-26-52-25-24-51-23-22-50-21-20-49-19-18-47/h47H,2-45H2,1H3. The van der Waals surface area contributed by atoms with Crippen LogP contribution < -0.4 is 0 Å². The third-order valence-electron chi connectivity index (χ3n) is 9.17. The van der Waals surface area contributed by atoms with Gasteiger partial charge < -0.3 is 71.4 Å². The molecule has 0 atom stereocenters. The second-order valence-electron chi connectivity index (χ2n) is 14.6. The Hall–Kier alpha value is -1.09. The molecule has 0 heterocycles. The van der Waals surface area contributed by atoms with Crippen molar-refractivity contribution in [2.45, 2.75) is 110 Å². The number of rotatable bonds is 57. The summed E-state index contributed by atoms with van der Waals surface area (Å²) in [4.78, 5) is 11.9. The van der Waals surface area contributed by atoms with Gasteiger partial charge in [0.05, 0.1) is 178 Å². The molecular weight excluding hydrogens is 808 g/mol. The van der Waals surface area contributed by atoms with Crippen molar-refractivity contribution >= 4 is 5.97 Å². The van der Waals surface area contributed by atoms with Gasteiger partial charge in [0.2, 0.25) is 0 Å². The minimum absolute atomic E-state index is 0.0217. The minimum atomic E-state index is -0.133. The molecule has 0 rings (SSSR count). The van der Waals surface area contributed by atoms with Crippen LogP contribution in [-0.4, -0.2) is 196 Å². The first kappa shape index (κ1) is 60.9. The first-order valence-electron chi connectivity index (χ1n) is 24.1. The molecule has 372 valence electrons. The highest BCUT2D eigenvalue weighted by Gasteiger charge is 2.03. The summed E-state index contributed by atoms with van der Waals surface area (Å²) in [6.45, 7) is 15.0. The number of aliphatic hydroxyl groups excluding tert-OH is 1. The molecule has 0 saturated heterocycles. The molecule has 0 bridgehead atoms. The fourth-order valence-electron chi connectivity index (χ4n) is 5.73. The Labute approximate surface area is 376 Å². The summed E-state index contributed by atoms with van der Waals surface area (Å²) in [5.74, 6) is -0.133. The zero-order valence-corrected chi connectivity index (χ0v) is 39.2. The second-order valence-corrected chi connectivity index (χ2v) is 14.6. The van der Waals surface area contributed by atoms with Crippen LogP contribution in [-0.2, 0) is 71.1 Å². The molecule has 0 aliphatic heterocycles. The summed E-state index contributed by atoms with van der Waals surface area (Å²) in [6, 6.07) is 0. The van der Waals surface area contributed by atoms with Crippen LogP contribution in [0.2, 0.25) is 0 Å². The molecule has 0 aliphatic rings. The van der Waals surface area contributed by atoms with E-state index in [1.165, 1.54) is 83.5 Å². The maximum Gasteiger partial charge on any atom is 0.305 e. The van der Waals surface area contributed by atoms with Crippen molar-refractivity contribution in [1.82, 2.24) is 0 Å². The lowest BCUT2D eigenvalue weighted by Crippen LogP contribution is -2.16. The summed E-state index contributed by atoms with van der Waals surface area (Å²) in [6.07, 6.45) is 20.2. The molecule has 1 N–H and O–H groups in total. The van der Waals surface area contributed by atoms with Crippen molar-refractivity contribution in [2.75, 3.05) is 185 Å². The first-order chi connectivity index (χ1) is 30.8. The molecule has 0 aromatic carbocycles. The highest BCUT2D eigenvalue weighted by molar-refractivity contribution is 5.69. The Morgan fingerprint density at radius 1 is 0.274 bits per heavy atom. The highest BCUT2D eigenvalue weighted by atomic mass is 16.6. The number of esters is 1. The van der Waals surface area contributed by atoms with Crippen LogP contribution in [0.4, 0.5) is 0 Å². The van der Waals surface area contributed by atoms with Crippen molar-refractivity contribution in [3.8, 4) is 0 Å². The summed E-state index contributed by atoms with van der Waals surface area (Å²) in [5, 5.41) is 8.60. The van der Waals surface area contributed by atoms with Crippen molar-refractivity contribution < 1.29 is 76.2 Å². The van der Waals surface area contributed by atoms with E-state index in [2.05, 4.69) is 6.92 Å². The Morgan fingerprint density at radius 3 is 0.694 bits per heavy atom. The van der Waals surface area contributed by atoms with E-state index in [4.69, 9.17) is 71.4 Å². The van der Waals surface area contributed by atoms with Gasteiger partial charge in [-0.1, -0.05) is 96.8 Å². The average molecular weight is 901 g/mol. The van der Waals surface area contributed by atoms with E-state index in [0.29, 0.717) is 178 Å². The molecular formula is C46H92O16. The van der Waals surface area contributed by atoms with Gasteiger partial charge in [0.1, 0.15) is 6.61 Å². The Kier molecular flexibility index (Phi) is 56.9. The third kappa shape index (κ3) is 56.9. The normalized spacial score (nSPS) is 11.6. The number of carbonyl (C=O) groups excluding carboxylic acids is 1. The van der Waals surface area contributed by atoms with Gasteiger partial charge in [-0.25, -0.2) is 0 Å². The zero-order chi connectivity index (χ0) is 44.6. The van der Waals surface area contributed by atoms with E-state index in [-0.39, 0.29) is 19.2 Å². The Bertz CT molecular complexity index is 815. The molecule has 62 heavy (non-hydrogen) atoms. The molecule has 0 spiro atoms. The average Bonchev–Trinajstić information content (AvgIpc) is 3.28. The van der Waals surface area contributed by atoms with Gasteiger partial charge in [0, 0.05) is 6.42 Å². The number of ether oxygens (including phenoxy) is 14. The summed E-state index contributed by atoms with van der Waals surface area (Å²) < 4.78 is 76.1. The van der Waals surface area contributed by atoms with E-state index in [9.17, 15) is 4.79 Å². The number of hydrogen-bond acceptors (Lipinski definition) is 16. The van der Waals surface area contributed by atoms with Crippen LogP contribution in [0.1, 0.15) is 110 Å². The zero-order valence-electron chi connectivity index (χ0n) is 39.2. The molecule has 16 nitrogen and oxygen atoms in total. The van der Waals surface area contributed by atoms with Gasteiger partial charge in [-0.05, 0) is 6.42 Å². The van der Waals surface area contributed by atoms with E-state index in [1.807, 2.05) is 0 Å². The summed E-state index contributed by atoms with van der Waals surface area (Å²) in [7, 11) is 0. The molecule has 0 aromatic rings. The lowest BCUT2D eigenvalue weighted by atomic mass is 10.0. The van der Waals surface area contributed by atoms with Gasteiger partial charge in [-0.15, -0.1) is 0 Å². The largest absolute Gasteiger partial charge is 0.463 e. The van der Waals surface area contributed by atoms with Crippen LogP contribution in [0.3, 0.4) is 0 Å². The first-order valence-corrected chi connectivity index (χ1v) is 24.1. The van der Waals surface area contributed by atoms with Crippen LogP contribution >= 0.6 is 0 Å². The maximum absolute atomic E-state index is 11.9. The van der Waals surface area contributed by atoms with Crippen molar-refractivity contribution in [3.05, 3.63) is 0 Å². The van der Waals surface area contributed by atoms with Gasteiger partial charge in [-0.2, -0.15) is 0 Å². The van der Waals surface area contributed by atoms with E-state index < -0.39 is 0 Å². The molecule has 0 saturated carbocycles. The van der Waals surface area contributed by atoms with Crippen LogP contribution in [0.5, 0.6) is 0 Å². The molecule has 0 amide bonds. The topological polar surface area (TPSA) is 167 Å². The second kappa shape index (κ2) is 57.9. The fraction of sp³-hybridized carbons (Fsp3) is 0.978. The Morgan fingerprint density at radius 2 is 0.468 bits per heavy atom. The SMILES string of the molecule is CCCCCCCCCCCCCCCCCC(=O)OCCOCCOCCOCCOCCOCCOCCOCCOCCOCCOCCOCCOCCOCCO. The van der Waals surface area contributed by atoms with Crippen LogP contribution in [0, 0.1) is 0 Å². The lowest BCUT2D eigenvalue weighted by molar-refractivity contribution is -0.145. The summed E-state index contributed by atoms with van der Waals surface area (Å²) in [5.41, 5.74) is 0. The Balaban J connectivity index is 3.12. The summed E-state index contributed by atoms with van der Waals surface area (Å²) >= 11 is 0. The fourth-order valence-corrected chi connectivity index (χ4v) is 5.73. The molecule has 0 aliphatic carbocycles. The maximum atomic E-state index is 11.9. The van der Waals surface area contributed by atoms with Crippen LogP contribution in [0.15, 0.2) is 0 Å². The highest BCUT2D eigenvalue weighted by Crippen LogP contribution is 2.14. The van der Waals surface area contributed by atoms with E-state index in [1.54, 1.807) is 0 Å². The van der Waals surface area contributed by atoms with Crippen molar-refractivity contribution in [2.24, 2.45) is 0 Å². The monoisotopic (exact) mass is 901 g/mol. The van der Waals surface area contributed by atoms with Gasteiger partial charge in [0.25, 0.3) is 0 Å². The number of aliphatic hydroxyl groups is 1. The predicted molar refractivity (Wildman–Crippen MR) is 238 cm³/mol. The van der Waals surface area contributed by atoms with Gasteiger partial charge in [-0.3, -0.25) is 4.79 Å².